The normalized spacial score (nSPS) is 12.6. The van der Waals surface area contributed by atoms with Gasteiger partial charge in [-0.05, 0) is 51.3 Å². The molecule has 8 nitrogen and oxygen atoms in total. The highest BCUT2D eigenvalue weighted by Gasteiger charge is 2.35. The van der Waals surface area contributed by atoms with E-state index in [-0.39, 0.29) is 13.1 Å². The molecular formula is C26H32N4O4. The molecule has 34 heavy (non-hydrogen) atoms. The van der Waals surface area contributed by atoms with Crippen LogP contribution in [0, 0.1) is 18.3 Å². The Labute approximate surface area is 200 Å². The summed E-state index contributed by atoms with van der Waals surface area (Å²) in [5, 5.41) is 14.8. The average molecular weight is 465 g/mol. The van der Waals surface area contributed by atoms with Crippen molar-refractivity contribution in [3.63, 3.8) is 0 Å². The molecule has 3 amide bonds. The smallest absolute Gasteiger partial charge is 0.408 e. The number of alkyl carbamates (subject to hydrolysis) is 1. The molecule has 0 spiro atoms. The van der Waals surface area contributed by atoms with E-state index in [2.05, 4.69) is 10.6 Å². The van der Waals surface area contributed by atoms with E-state index in [9.17, 15) is 19.6 Å². The van der Waals surface area contributed by atoms with Crippen LogP contribution in [-0.2, 0) is 20.9 Å². The van der Waals surface area contributed by atoms with E-state index in [0.717, 1.165) is 11.1 Å². The molecule has 2 aromatic rings. The minimum absolute atomic E-state index is 0.266. The van der Waals surface area contributed by atoms with E-state index in [1.165, 1.54) is 11.8 Å². The van der Waals surface area contributed by atoms with Crippen LogP contribution in [0.15, 0.2) is 54.6 Å². The van der Waals surface area contributed by atoms with Crippen LogP contribution in [0.2, 0.25) is 0 Å². The zero-order chi connectivity index (χ0) is 25.3. The fraction of sp³-hybridized carbons (Fsp3) is 0.385. The largest absolute Gasteiger partial charge is 0.444 e. The van der Waals surface area contributed by atoms with Crippen LogP contribution in [0.25, 0.3) is 0 Å². The molecule has 0 saturated carbocycles. The van der Waals surface area contributed by atoms with Crippen LogP contribution in [0.5, 0.6) is 0 Å². The summed E-state index contributed by atoms with van der Waals surface area (Å²) in [4.78, 5) is 40.1. The lowest BCUT2D eigenvalue weighted by molar-refractivity contribution is -0.141. The number of rotatable bonds is 8. The van der Waals surface area contributed by atoms with Gasteiger partial charge in [0.2, 0.25) is 11.8 Å². The molecule has 0 aromatic heterocycles. The van der Waals surface area contributed by atoms with Gasteiger partial charge in [-0.3, -0.25) is 9.59 Å². The predicted molar refractivity (Wildman–Crippen MR) is 128 cm³/mol. The number of amides is 3. The molecular weight excluding hydrogens is 432 g/mol. The molecule has 8 heteroatoms. The Bertz CT molecular complexity index is 1040. The quantitative estimate of drug-likeness (QED) is 0.580. The molecule has 2 atom stereocenters. The summed E-state index contributed by atoms with van der Waals surface area (Å²) >= 11 is 0. The van der Waals surface area contributed by atoms with Crippen LogP contribution in [0.4, 0.5) is 4.79 Å². The van der Waals surface area contributed by atoms with E-state index in [4.69, 9.17) is 4.74 Å². The lowest BCUT2D eigenvalue weighted by Crippen LogP contribution is -2.52. The summed E-state index contributed by atoms with van der Waals surface area (Å²) in [6.07, 6.45) is -0.758. The second-order valence-electron chi connectivity index (χ2n) is 8.95. The number of carbonyl (C=O) groups is 3. The molecule has 0 aliphatic heterocycles. The average Bonchev–Trinajstić information content (AvgIpc) is 2.77. The molecule has 0 aliphatic carbocycles. The van der Waals surface area contributed by atoms with Crippen LogP contribution in [0.3, 0.4) is 0 Å². The molecule has 0 heterocycles. The standard InChI is InChI=1S/C26H32N4O4/c1-18-11-9-10-14-21(18)22(23(31)28-17-20-12-7-6-8-13-20)30(16-15-27)24(32)19(2)29-25(33)34-26(3,4)5/h6-14,19,22H,16-17H2,1-5H3,(H,28,31)(H,29,33). The van der Waals surface area contributed by atoms with Gasteiger partial charge in [-0.1, -0.05) is 54.6 Å². The Hall–Kier alpha value is -3.86. The van der Waals surface area contributed by atoms with E-state index in [0.29, 0.717) is 5.56 Å². The van der Waals surface area contributed by atoms with Gasteiger partial charge >= 0.3 is 6.09 Å². The van der Waals surface area contributed by atoms with Crippen LogP contribution >= 0.6 is 0 Å². The Morgan fingerprint density at radius 1 is 1.06 bits per heavy atom. The maximum atomic E-state index is 13.4. The molecule has 2 unspecified atom stereocenters. The highest BCUT2D eigenvalue weighted by Crippen LogP contribution is 2.25. The van der Waals surface area contributed by atoms with E-state index >= 15 is 0 Å². The summed E-state index contributed by atoms with van der Waals surface area (Å²) in [5.41, 5.74) is 1.56. The third kappa shape index (κ3) is 7.62. The molecule has 180 valence electrons. The Balaban J connectivity index is 2.33. The van der Waals surface area contributed by atoms with Gasteiger partial charge in [0.1, 0.15) is 24.2 Å². The van der Waals surface area contributed by atoms with Crippen molar-refractivity contribution < 1.29 is 19.1 Å². The van der Waals surface area contributed by atoms with Gasteiger partial charge in [0.05, 0.1) is 6.07 Å². The zero-order valence-electron chi connectivity index (χ0n) is 20.3. The molecule has 2 rings (SSSR count). The Morgan fingerprint density at radius 2 is 1.68 bits per heavy atom. The third-order valence-electron chi connectivity index (χ3n) is 4.98. The molecule has 0 bridgehead atoms. The first kappa shape index (κ1) is 26.4. The number of benzene rings is 2. The number of hydrogen-bond donors (Lipinski definition) is 2. The van der Waals surface area contributed by atoms with Crippen molar-refractivity contribution in [1.29, 1.82) is 5.26 Å². The highest BCUT2D eigenvalue weighted by molar-refractivity contribution is 5.92. The lowest BCUT2D eigenvalue weighted by Gasteiger charge is -2.32. The van der Waals surface area contributed by atoms with Crippen molar-refractivity contribution >= 4 is 17.9 Å². The second kappa shape index (κ2) is 11.8. The summed E-state index contributed by atoms with van der Waals surface area (Å²) in [6, 6.07) is 16.5. The van der Waals surface area contributed by atoms with Gasteiger partial charge in [0.25, 0.3) is 0 Å². The van der Waals surface area contributed by atoms with Gasteiger partial charge in [-0.15, -0.1) is 0 Å². The number of ether oxygens (including phenoxy) is 1. The summed E-state index contributed by atoms with van der Waals surface area (Å²) in [6.45, 7) is 8.40. The van der Waals surface area contributed by atoms with Crippen LogP contribution < -0.4 is 10.6 Å². The van der Waals surface area contributed by atoms with E-state index < -0.39 is 35.6 Å². The van der Waals surface area contributed by atoms with Gasteiger partial charge in [0.15, 0.2) is 0 Å². The highest BCUT2D eigenvalue weighted by atomic mass is 16.6. The number of nitrogens with one attached hydrogen (secondary N) is 2. The maximum Gasteiger partial charge on any atom is 0.408 e. The first-order chi connectivity index (χ1) is 16.0. The molecule has 2 N–H and O–H groups in total. The number of carbonyl (C=O) groups excluding carboxylic acids is 3. The molecule has 0 fully saturated rings. The predicted octanol–water partition coefficient (Wildman–Crippen LogP) is 3.62. The Kier molecular flexibility index (Phi) is 9.19. The molecule has 0 radical (unpaired) electrons. The Morgan fingerprint density at radius 3 is 2.26 bits per heavy atom. The first-order valence-electron chi connectivity index (χ1n) is 11.1. The monoisotopic (exact) mass is 464 g/mol. The zero-order valence-corrected chi connectivity index (χ0v) is 20.3. The fourth-order valence-corrected chi connectivity index (χ4v) is 3.39. The third-order valence-corrected chi connectivity index (χ3v) is 4.98. The fourth-order valence-electron chi connectivity index (χ4n) is 3.39. The lowest BCUT2D eigenvalue weighted by atomic mass is 9.98. The molecule has 2 aromatic carbocycles. The van der Waals surface area contributed by atoms with E-state index in [1.54, 1.807) is 32.9 Å². The minimum atomic E-state index is -1.06. The number of nitriles is 1. The summed E-state index contributed by atoms with van der Waals surface area (Å²) < 4.78 is 5.23. The summed E-state index contributed by atoms with van der Waals surface area (Å²) in [5.74, 6) is -0.998. The topological polar surface area (TPSA) is 112 Å². The van der Waals surface area contributed by atoms with Gasteiger partial charge in [-0.25, -0.2) is 4.79 Å². The van der Waals surface area contributed by atoms with Crippen molar-refractivity contribution in [3.8, 4) is 6.07 Å². The van der Waals surface area contributed by atoms with Gasteiger partial charge < -0.3 is 20.3 Å². The number of nitrogens with zero attached hydrogens (tertiary/aromatic N) is 2. The van der Waals surface area contributed by atoms with Crippen molar-refractivity contribution in [3.05, 3.63) is 71.3 Å². The van der Waals surface area contributed by atoms with Crippen molar-refractivity contribution in [2.24, 2.45) is 0 Å². The maximum absolute atomic E-state index is 13.4. The van der Waals surface area contributed by atoms with Crippen molar-refractivity contribution in [1.82, 2.24) is 15.5 Å². The number of hydrogen-bond acceptors (Lipinski definition) is 5. The van der Waals surface area contributed by atoms with Gasteiger partial charge in [0, 0.05) is 6.54 Å². The van der Waals surface area contributed by atoms with Gasteiger partial charge in [-0.2, -0.15) is 5.26 Å². The van der Waals surface area contributed by atoms with Crippen LogP contribution in [-0.4, -0.2) is 41.0 Å². The van der Waals surface area contributed by atoms with Crippen LogP contribution in [0.1, 0.15) is 50.4 Å². The van der Waals surface area contributed by atoms with E-state index in [1.807, 2.05) is 55.5 Å². The minimum Gasteiger partial charge on any atom is -0.444 e. The second-order valence-corrected chi connectivity index (χ2v) is 8.95. The van der Waals surface area contributed by atoms with Crippen molar-refractivity contribution in [2.75, 3.05) is 6.54 Å². The van der Waals surface area contributed by atoms with Crippen molar-refractivity contribution in [2.45, 2.75) is 58.8 Å². The molecule has 0 saturated heterocycles. The molecule has 0 aliphatic rings. The summed E-state index contributed by atoms with van der Waals surface area (Å²) in [7, 11) is 0. The SMILES string of the molecule is Cc1ccccc1C(C(=O)NCc1ccccc1)N(CC#N)C(=O)C(C)NC(=O)OC(C)(C)C. The number of aryl methyl sites for hydroxylation is 1. The first-order valence-corrected chi connectivity index (χ1v) is 11.1.